The van der Waals surface area contributed by atoms with Crippen molar-refractivity contribution >= 4 is 23.6 Å². The smallest absolute Gasteiger partial charge is 0.408 e. The highest BCUT2D eigenvalue weighted by Gasteiger charge is 2.38. The summed E-state index contributed by atoms with van der Waals surface area (Å²) in [6.07, 6.45) is 5.79. The molecule has 3 unspecified atom stereocenters. The Labute approximate surface area is 227 Å². The van der Waals surface area contributed by atoms with Crippen molar-refractivity contribution in [3.05, 3.63) is 64.2 Å². The number of para-hydroxylation sites is 1. The van der Waals surface area contributed by atoms with Crippen LogP contribution in [0.2, 0.25) is 0 Å². The van der Waals surface area contributed by atoms with Crippen molar-refractivity contribution in [3.8, 4) is 12.5 Å². The second-order valence-electron chi connectivity index (χ2n) is 10.9. The summed E-state index contributed by atoms with van der Waals surface area (Å²) in [5.74, 6) is -1.28. The van der Waals surface area contributed by atoms with E-state index in [-0.39, 0.29) is 5.92 Å². The molecule has 2 N–H and O–H groups in total. The monoisotopic (exact) mass is 519 g/mol. The molecule has 0 saturated heterocycles. The summed E-state index contributed by atoms with van der Waals surface area (Å²) in [7, 11) is 0. The standard InChI is InChI=1S/C31H41N3O4/c1-11-21(5)26(33-30(37)38-31(8,9)10)29(36)34(12-2)27(24-17-19(3)16-20(4)18-24)28(35)32-25-22(6)14-13-15-23(25)7/h2,13-18,21,26-27H,11H2,1,3-10H3,(H,32,35)(H,33,37). The lowest BCUT2D eigenvalue weighted by Crippen LogP contribution is -2.53. The number of amides is 3. The Morgan fingerprint density at radius 3 is 2.05 bits per heavy atom. The van der Waals surface area contributed by atoms with Crippen LogP contribution in [0.5, 0.6) is 0 Å². The molecule has 3 amide bonds. The first-order valence-electron chi connectivity index (χ1n) is 12.9. The van der Waals surface area contributed by atoms with Crippen LogP contribution in [0.15, 0.2) is 36.4 Å². The molecule has 0 aliphatic rings. The number of nitrogens with one attached hydrogen (secondary N) is 2. The molecule has 7 nitrogen and oxygen atoms in total. The van der Waals surface area contributed by atoms with Gasteiger partial charge in [0.2, 0.25) is 0 Å². The Morgan fingerprint density at radius 1 is 1.03 bits per heavy atom. The van der Waals surface area contributed by atoms with E-state index >= 15 is 0 Å². The fourth-order valence-corrected chi connectivity index (χ4v) is 4.32. The maximum absolute atomic E-state index is 14.0. The first-order valence-corrected chi connectivity index (χ1v) is 12.9. The molecule has 2 aromatic rings. The van der Waals surface area contributed by atoms with Crippen molar-refractivity contribution in [2.45, 2.75) is 86.4 Å². The van der Waals surface area contributed by atoms with Crippen LogP contribution in [0, 0.1) is 46.1 Å². The van der Waals surface area contributed by atoms with E-state index in [1.54, 1.807) is 20.8 Å². The van der Waals surface area contributed by atoms with Crippen molar-refractivity contribution in [3.63, 3.8) is 0 Å². The molecule has 0 heterocycles. The number of hydrogen-bond acceptors (Lipinski definition) is 4. The molecule has 0 radical (unpaired) electrons. The average molecular weight is 520 g/mol. The molecule has 0 saturated carbocycles. The van der Waals surface area contributed by atoms with Crippen molar-refractivity contribution in [1.82, 2.24) is 10.2 Å². The van der Waals surface area contributed by atoms with E-state index in [9.17, 15) is 14.4 Å². The zero-order valence-corrected chi connectivity index (χ0v) is 24.1. The molecule has 2 aromatic carbocycles. The summed E-state index contributed by atoms with van der Waals surface area (Å²) < 4.78 is 5.40. The molecule has 0 aliphatic carbocycles. The van der Waals surface area contributed by atoms with Gasteiger partial charge in [-0.15, -0.1) is 0 Å². The molecular formula is C31H41N3O4. The molecule has 38 heavy (non-hydrogen) atoms. The van der Waals surface area contributed by atoms with Gasteiger partial charge in [0.1, 0.15) is 17.7 Å². The number of benzene rings is 2. The van der Waals surface area contributed by atoms with Crippen LogP contribution in [-0.2, 0) is 14.3 Å². The molecule has 0 aromatic heterocycles. The Morgan fingerprint density at radius 2 is 1.58 bits per heavy atom. The molecule has 204 valence electrons. The van der Waals surface area contributed by atoms with Gasteiger partial charge in [-0.2, -0.15) is 0 Å². The number of hydrogen-bond donors (Lipinski definition) is 2. The lowest BCUT2D eigenvalue weighted by atomic mass is 9.95. The van der Waals surface area contributed by atoms with Gasteiger partial charge in [0.05, 0.1) is 0 Å². The zero-order valence-electron chi connectivity index (χ0n) is 24.1. The maximum atomic E-state index is 14.0. The van der Waals surface area contributed by atoms with E-state index in [0.717, 1.165) is 27.2 Å². The molecule has 3 atom stereocenters. The Hall–Kier alpha value is -3.79. The van der Waals surface area contributed by atoms with E-state index in [2.05, 4.69) is 16.7 Å². The molecule has 0 fully saturated rings. The van der Waals surface area contributed by atoms with Gasteiger partial charge in [-0.1, -0.05) is 74.2 Å². The molecule has 0 bridgehead atoms. The van der Waals surface area contributed by atoms with E-state index in [0.29, 0.717) is 17.7 Å². The molecule has 0 aliphatic heterocycles. The highest BCUT2D eigenvalue weighted by molar-refractivity contribution is 6.00. The number of rotatable bonds is 8. The van der Waals surface area contributed by atoms with Crippen molar-refractivity contribution in [2.75, 3.05) is 5.32 Å². The average Bonchev–Trinajstić information content (AvgIpc) is 2.80. The largest absolute Gasteiger partial charge is 0.444 e. The van der Waals surface area contributed by atoms with E-state index in [1.807, 2.05) is 77.9 Å². The second-order valence-corrected chi connectivity index (χ2v) is 10.9. The van der Waals surface area contributed by atoms with Crippen LogP contribution >= 0.6 is 0 Å². The van der Waals surface area contributed by atoms with Gasteiger partial charge in [-0.25, -0.2) is 4.79 Å². The fraction of sp³-hybridized carbons (Fsp3) is 0.452. The minimum atomic E-state index is -1.13. The predicted octanol–water partition coefficient (Wildman–Crippen LogP) is 5.96. The topological polar surface area (TPSA) is 87.7 Å². The molecule has 2 rings (SSSR count). The highest BCUT2D eigenvalue weighted by atomic mass is 16.6. The second kappa shape index (κ2) is 12.6. The minimum Gasteiger partial charge on any atom is -0.444 e. The third-order valence-electron chi connectivity index (χ3n) is 6.32. The third kappa shape index (κ3) is 7.85. The van der Waals surface area contributed by atoms with Crippen LogP contribution < -0.4 is 10.6 Å². The van der Waals surface area contributed by atoms with Crippen molar-refractivity contribution in [1.29, 1.82) is 0 Å². The summed E-state index contributed by atoms with van der Waals surface area (Å²) >= 11 is 0. The number of anilines is 1. The predicted molar refractivity (Wildman–Crippen MR) is 151 cm³/mol. The third-order valence-corrected chi connectivity index (χ3v) is 6.32. The van der Waals surface area contributed by atoms with Crippen LogP contribution in [0.1, 0.15) is 74.9 Å². The molecule has 0 spiro atoms. The van der Waals surface area contributed by atoms with E-state index in [1.165, 1.54) is 0 Å². The van der Waals surface area contributed by atoms with Gasteiger partial charge in [-0.05, 0) is 71.1 Å². The Kier molecular flexibility index (Phi) is 10.1. The van der Waals surface area contributed by atoms with Crippen LogP contribution in [0.25, 0.3) is 0 Å². The number of alkyl carbamates (subject to hydrolysis) is 1. The lowest BCUT2D eigenvalue weighted by Gasteiger charge is -2.32. The zero-order chi connectivity index (χ0) is 28.8. The summed E-state index contributed by atoms with van der Waals surface area (Å²) in [5.41, 5.74) is 4.14. The summed E-state index contributed by atoms with van der Waals surface area (Å²) in [6, 6.07) is 11.7. The van der Waals surface area contributed by atoms with E-state index < -0.39 is 35.6 Å². The Bertz CT molecular complexity index is 1180. The summed E-state index contributed by atoms with van der Waals surface area (Å²) in [6.45, 7) is 16.6. The molecular weight excluding hydrogens is 478 g/mol. The Balaban J connectivity index is 2.58. The van der Waals surface area contributed by atoms with Crippen LogP contribution in [0.4, 0.5) is 10.5 Å². The maximum Gasteiger partial charge on any atom is 0.408 e. The number of terminal acetylenes is 1. The van der Waals surface area contributed by atoms with Gasteiger partial charge in [0.15, 0.2) is 0 Å². The fourth-order valence-electron chi connectivity index (χ4n) is 4.32. The SMILES string of the molecule is C#CN(C(=O)C(NC(=O)OC(C)(C)C)C(C)CC)C(C(=O)Nc1c(C)cccc1C)c1cc(C)cc(C)c1. The summed E-state index contributed by atoms with van der Waals surface area (Å²) in [5, 5.41) is 5.69. The summed E-state index contributed by atoms with van der Waals surface area (Å²) in [4.78, 5) is 41.6. The van der Waals surface area contributed by atoms with Gasteiger partial charge in [-0.3, -0.25) is 14.5 Å². The van der Waals surface area contributed by atoms with Crippen molar-refractivity contribution in [2.24, 2.45) is 5.92 Å². The van der Waals surface area contributed by atoms with Crippen LogP contribution in [0.3, 0.4) is 0 Å². The van der Waals surface area contributed by atoms with Crippen molar-refractivity contribution < 1.29 is 19.1 Å². The number of ether oxygens (including phenoxy) is 1. The van der Waals surface area contributed by atoms with E-state index in [4.69, 9.17) is 11.2 Å². The lowest BCUT2D eigenvalue weighted by molar-refractivity contribution is -0.137. The molecule has 7 heteroatoms. The van der Waals surface area contributed by atoms with Crippen LogP contribution in [-0.4, -0.2) is 34.5 Å². The van der Waals surface area contributed by atoms with Gasteiger partial charge in [0, 0.05) is 11.7 Å². The quantitative estimate of drug-likeness (QED) is 0.333. The first kappa shape index (κ1) is 30.4. The number of carbonyl (C=O) groups is 3. The number of nitrogens with zero attached hydrogens (tertiary/aromatic N) is 1. The van der Waals surface area contributed by atoms with Gasteiger partial charge in [0.25, 0.3) is 11.8 Å². The minimum absolute atomic E-state index is 0.271. The van der Waals surface area contributed by atoms with Gasteiger partial charge >= 0.3 is 6.09 Å². The number of carbonyl (C=O) groups excluding carboxylic acids is 3. The number of aryl methyl sites for hydroxylation is 4. The van der Waals surface area contributed by atoms with Gasteiger partial charge < -0.3 is 15.4 Å². The first-order chi connectivity index (χ1) is 17.7. The highest BCUT2D eigenvalue weighted by Crippen LogP contribution is 2.28. The normalized spacial score (nSPS) is 13.5.